The van der Waals surface area contributed by atoms with Gasteiger partial charge in [0.2, 0.25) is 0 Å². The molecule has 1 aliphatic rings. The smallest absolute Gasteiger partial charge is 0.267 e. The molecule has 28 heavy (non-hydrogen) atoms. The van der Waals surface area contributed by atoms with Gasteiger partial charge in [-0.1, -0.05) is 78.9 Å². The highest BCUT2D eigenvalue weighted by Gasteiger charge is 2.38. The molecule has 1 atom stereocenters. The van der Waals surface area contributed by atoms with E-state index in [9.17, 15) is 9.59 Å². The number of nitrogens with zero attached hydrogens (tertiary/aromatic N) is 1. The number of hydrazine groups is 1. The topological polar surface area (TPSA) is 49.4 Å². The molecule has 0 radical (unpaired) electrons. The number of carbonyl (C=O) groups excluding carboxylic acids is 2. The van der Waals surface area contributed by atoms with Crippen LogP contribution in [0.1, 0.15) is 27.5 Å². The zero-order valence-electron chi connectivity index (χ0n) is 15.0. The molecule has 138 valence electrons. The van der Waals surface area contributed by atoms with Crippen molar-refractivity contribution in [2.75, 3.05) is 0 Å². The summed E-state index contributed by atoms with van der Waals surface area (Å²) in [6.07, 6.45) is 1.99. The number of benzene rings is 3. The third-order valence-electron chi connectivity index (χ3n) is 4.41. The molecule has 1 saturated heterocycles. The largest absolute Gasteiger partial charge is 0.305 e. The molecule has 2 amide bonds. The maximum atomic E-state index is 12.8. The van der Waals surface area contributed by atoms with E-state index < -0.39 is 0 Å². The van der Waals surface area contributed by atoms with Crippen LogP contribution in [0.3, 0.4) is 0 Å². The summed E-state index contributed by atoms with van der Waals surface area (Å²) in [5.41, 5.74) is 5.25. The Kier molecular flexibility index (Phi) is 5.26. The van der Waals surface area contributed by atoms with Gasteiger partial charge < -0.3 is 0 Å². The molecule has 0 spiro atoms. The third kappa shape index (κ3) is 3.85. The lowest BCUT2D eigenvalue weighted by Crippen LogP contribution is -2.43. The summed E-state index contributed by atoms with van der Waals surface area (Å²) in [4.78, 5) is 26.3. The van der Waals surface area contributed by atoms with Crippen molar-refractivity contribution in [3.8, 4) is 0 Å². The van der Waals surface area contributed by atoms with Gasteiger partial charge in [0.1, 0.15) is 6.04 Å². The Morgan fingerprint density at radius 1 is 0.857 bits per heavy atom. The molecular formula is C23H18N2O2S. The van der Waals surface area contributed by atoms with Crippen LogP contribution in [0.4, 0.5) is 4.79 Å². The van der Waals surface area contributed by atoms with Crippen LogP contribution in [0.25, 0.3) is 6.08 Å². The molecule has 1 N–H and O–H groups in total. The van der Waals surface area contributed by atoms with Gasteiger partial charge >= 0.3 is 5.24 Å². The molecule has 0 aromatic heterocycles. The second-order valence-corrected chi connectivity index (χ2v) is 7.34. The lowest BCUT2D eigenvalue weighted by molar-refractivity contribution is 0.0822. The second-order valence-electron chi connectivity index (χ2n) is 6.32. The Hall–Kier alpha value is -3.31. The van der Waals surface area contributed by atoms with E-state index in [0.717, 1.165) is 27.8 Å². The van der Waals surface area contributed by atoms with E-state index in [1.165, 1.54) is 5.01 Å². The molecule has 3 aromatic carbocycles. The monoisotopic (exact) mass is 386 g/mol. The van der Waals surface area contributed by atoms with Gasteiger partial charge in [0.15, 0.2) is 0 Å². The molecular weight excluding hydrogens is 368 g/mol. The molecule has 4 rings (SSSR count). The number of amides is 2. The minimum atomic E-state index is -0.369. The second kappa shape index (κ2) is 8.15. The van der Waals surface area contributed by atoms with E-state index in [2.05, 4.69) is 5.43 Å². The quantitative estimate of drug-likeness (QED) is 0.663. The van der Waals surface area contributed by atoms with Gasteiger partial charge in [-0.3, -0.25) is 15.0 Å². The van der Waals surface area contributed by atoms with Crippen molar-refractivity contribution < 1.29 is 9.59 Å². The lowest BCUT2D eigenvalue weighted by atomic mass is 10.0. The molecule has 0 aliphatic carbocycles. The highest BCUT2D eigenvalue weighted by molar-refractivity contribution is 8.17. The summed E-state index contributed by atoms with van der Waals surface area (Å²) in [7, 11) is 0. The van der Waals surface area contributed by atoms with Gasteiger partial charge in [-0.05, 0) is 41.1 Å². The van der Waals surface area contributed by atoms with Crippen molar-refractivity contribution in [1.29, 1.82) is 0 Å². The number of thioether (sulfide) groups is 1. The molecule has 1 heterocycles. The SMILES string of the molecule is O=C(NN1C(=O)S/C(=C\c2ccccc2)C1c1ccccc1)c1ccccc1. The van der Waals surface area contributed by atoms with Crippen molar-refractivity contribution in [3.05, 3.63) is 113 Å². The summed E-state index contributed by atoms with van der Waals surface area (Å²) in [5, 5.41) is 1.21. The molecule has 5 heteroatoms. The fourth-order valence-corrected chi connectivity index (χ4v) is 4.08. The number of hydrogen-bond acceptors (Lipinski definition) is 3. The molecule has 1 fully saturated rings. The van der Waals surface area contributed by atoms with Crippen LogP contribution in [-0.4, -0.2) is 16.2 Å². The zero-order chi connectivity index (χ0) is 19.3. The lowest BCUT2D eigenvalue weighted by Gasteiger charge is -2.25. The van der Waals surface area contributed by atoms with E-state index in [0.29, 0.717) is 5.56 Å². The van der Waals surface area contributed by atoms with Crippen molar-refractivity contribution in [3.63, 3.8) is 0 Å². The Labute approximate surface area is 167 Å². The fraction of sp³-hybridized carbons (Fsp3) is 0.0435. The number of nitrogens with one attached hydrogen (secondary N) is 1. The number of carbonyl (C=O) groups is 2. The first kappa shape index (κ1) is 18.1. The fourth-order valence-electron chi connectivity index (χ4n) is 3.08. The predicted octanol–water partition coefficient (Wildman–Crippen LogP) is 5.28. The molecule has 1 unspecified atom stereocenters. The normalized spacial score (nSPS) is 17.7. The van der Waals surface area contributed by atoms with E-state index in [1.54, 1.807) is 24.3 Å². The van der Waals surface area contributed by atoms with Crippen LogP contribution in [0.2, 0.25) is 0 Å². The molecule has 4 nitrogen and oxygen atoms in total. The van der Waals surface area contributed by atoms with E-state index in [-0.39, 0.29) is 17.2 Å². The summed E-state index contributed by atoms with van der Waals surface area (Å²) in [6, 6.07) is 28.1. The van der Waals surface area contributed by atoms with Crippen LogP contribution in [-0.2, 0) is 0 Å². The first-order chi connectivity index (χ1) is 13.7. The number of rotatable bonds is 4. The molecule has 1 aliphatic heterocycles. The van der Waals surface area contributed by atoms with E-state index >= 15 is 0 Å². The Bertz CT molecular complexity index is 1000. The van der Waals surface area contributed by atoms with Crippen molar-refractivity contribution in [2.45, 2.75) is 6.04 Å². The standard InChI is InChI=1S/C23H18N2O2S/c26-22(19-14-8-3-9-15-19)24-25-21(18-12-6-2-7-13-18)20(28-23(25)27)16-17-10-4-1-5-11-17/h1-16,21H,(H,24,26)/b20-16-. The van der Waals surface area contributed by atoms with Crippen LogP contribution in [0.15, 0.2) is 95.9 Å². The first-order valence-corrected chi connectivity index (χ1v) is 9.73. The molecule has 3 aromatic rings. The summed E-state index contributed by atoms with van der Waals surface area (Å²) < 4.78 is 0. The summed E-state index contributed by atoms with van der Waals surface area (Å²) >= 11 is 1.14. The zero-order valence-corrected chi connectivity index (χ0v) is 15.8. The number of hydrogen-bond donors (Lipinski definition) is 1. The Morgan fingerprint density at radius 3 is 2.07 bits per heavy atom. The van der Waals surface area contributed by atoms with Crippen LogP contribution in [0, 0.1) is 0 Å². The highest BCUT2D eigenvalue weighted by Crippen LogP contribution is 2.44. The highest BCUT2D eigenvalue weighted by atomic mass is 32.2. The summed E-state index contributed by atoms with van der Waals surface area (Å²) in [6.45, 7) is 0. The Balaban J connectivity index is 1.69. The van der Waals surface area contributed by atoms with E-state index in [1.807, 2.05) is 72.8 Å². The maximum absolute atomic E-state index is 12.8. The average Bonchev–Trinajstić information content (AvgIpc) is 3.04. The van der Waals surface area contributed by atoms with Crippen molar-refractivity contribution in [2.24, 2.45) is 0 Å². The minimum absolute atomic E-state index is 0.208. The van der Waals surface area contributed by atoms with Crippen LogP contribution in [0.5, 0.6) is 0 Å². The van der Waals surface area contributed by atoms with Gasteiger partial charge in [0.05, 0.1) is 0 Å². The van der Waals surface area contributed by atoms with Gasteiger partial charge in [0.25, 0.3) is 5.91 Å². The third-order valence-corrected chi connectivity index (χ3v) is 5.36. The summed E-state index contributed by atoms with van der Waals surface area (Å²) in [5.74, 6) is -0.309. The van der Waals surface area contributed by atoms with Gasteiger partial charge in [0, 0.05) is 10.5 Å². The van der Waals surface area contributed by atoms with Crippen LogP contribution >= 0.6 is 11.8 Å². The van der Waals surface area contributed by atoms with Crippen molar-refractivity contribution >= 4 is 29.0 Å². The van der Waals surface area contributed by atoms with Gasteiger partial charge in [-0.15, -0.1) is 0 Å². The first-order valence-electron chi connectivity index (χ1n) is 8.91. The minimum Gasteiger partial charge on any atom is -0.267 e. The van der Waals surface area contributed by atoms with Gasteiger partial charge in [-0.2, -0.15) is 0 Å². The maximum Gasteiger partial charge on any atom is 0.305 e. The average molecular weight is 386 g/mol. The Morgan fingerprint density at radius 2 is 1.43 bits per heavy atom. The molecule has 0 saturated carbocycles. The predicted molar refractivity (Wildman–Crippen MR) is 112 cm³/mol. The van der Waals surface area contributed by atoms with Crippen molar-refractivity contribution in [1.82, 2.24) is 10.4 Å². The van der Waals surface area contributed by atoms with Gasteiger partial charge in [-0.25, -0.2) is 5.01 Å². The van der Waals surface area contributed by atoms with Crippen LogP contribution < -0.4 is 5.43 Å². The van der Waals surface area contributed by atoms with E-state index in [4.69, 9.17) is 0 Å². The molecule has 0 bridgehead atoms.